The summed E-state index contributed by atoms with van der Waals surface area (Å²) in [5.74, 6) is 0.709. The lowest BCUT2D eigenvalue weighted by molar-refractivity contribution is 0.201. The summed E-state index contributed by atoms with van der Waals surface area (Å²) >= 11 is 5.61. The molecule has 1 heterocycles. The minimum Gasteiger partial charge on any atom is -0.392 e. The molecule has 1 aromatic heterocycles. The molecule has 0 aliphatic rings. The molecule has 72 valence electrons. The Kier molecular flexibility index (Phi) is 3.45. The van der Waals surface area contributed by atoms with Crippen LogP contribution in [0.15, 0.2) is 12.3 Å². The molecular weight excluding hydrogens is 190 g/mol. The zero-order chi connectivity index (χ0) is 9.84. The third-order valence-electron chi connectivity index (χ3n) is 1.54. The Morgan fingerprint density at radius 2 is 2.38 bits per heavy atom. The third kappa shape index (κ3) is 3.16. The van der Waals surface area contributed by atoms with Crippen molar-refractivity contribution in [2.24, 2.45) is 0 Å². The monoisotopic (exact) mass is 201 g/mol. The van der Waals surface area contributed by atoms with Gasteiger partial charge in [0, 0.05) is 19.8 Å². The van der Waals surface area contributed by atoms with Crippen molar-refractivity contribution in [1.82, 2.24) is 9.97 Å². The number of aromatic nitrogens is 2. The zero-order valence-corrected chi connectivity index (χ0v) is 8.36. The van der Waals surface area contributed by atoms with Crippen molar-refractivity contribution in [3.8, 4) is 0 Å². The SMILES string of the molecule is CC(O)CN(C)c1ccnc(Cl)n1. The number of halogens is 1. The Balaban J connectivity index is 2.71. The zero-order valence-electron chi connectivity index (χ0n) is 7.61. The first-order valence-electron chi connectivity index (χ1n) is 3.97. The van der Waals surface area contributed by atoms with Crippen molar-refractivity contribution in [1.29, 1.82) is 0 Å². The first-order chi connectivity index (χ1) is 6.09. The highest BCUT2D eigenvalue weighted by atomic mass is 35.5. The van der Waals surface area contributed by atoms with E-state index < -0.39 is 6.10 Å². The molecule has 0 aromatic carbocycles. The van der Waals surface area contributed by atoms with Crippen LogP contribution in [0.4, 0.5) is 5.82 Å². The van der Waals surface area contributed by atoms with Crippen LogP contribution in [-0.2, 0) is 0 Å². The molecule has 4 nitrogen and oxygen atoms in total. The molecule has 1 N–H and O–H groups in total. The topological polar surface area (TPSA) is 49.2 Å². The summed E-state index contributed by atoms with van der Waals surface area (Å²) in [4.78, 5) is 9.58. The highest BCUT2D eigenvalue weighted by Gasteiger charge is 2.05. The first kappa shape index (κ1) is 10.2. The van der Waals surface area contributed by atoms with E-state index in [0.29, 0.717) is 12.4 Å². The first-order valence-corrected chi connectivity index (χ1v) is 4.35. The van der Waals surface area contributed by atoms with Crippen LogP contribution in [-0.4, -0.2) is 34.8 Å². The molecule has 1 unspecified atom stereocenters. The summed E-state index contributed by atoms with van der Waals surface area (Å²) in [6, 6.07) is 1.74. The summed E-state index contributed by atoms with van der Waals surface area (Å²) in [6.45, 7) is 2.24. The smallest absolute Gasteiger partial charge is 0.224 e. The van der Waals surface area contributed by atoms with Gasteiger partial charge in [0.2, 0.25) is 5.28 Å². The van der Waals surface area contributed by atoms with Crippen molar-refractivity contribution in [3.05, 3.63) is 17.5 Å². The van der Waals surface area contributed by atoms with Gasteiger partial charge < -0.3 is 10.0 Å². The Morgan fingerprint density at radius 3 is 2.92 bits per heavy atom. The average Bonchev–Trinajstić information content (AvgIpc) is 2.03. The molecule has 0 aliphatic heterocycles. The molecule has 0 spiro atoms. The molecule has 1 rings (SSSR count). The Bertz CT molecular complexity index is 280. The number of rotatable bonds is 3. The van der Waals surface area contributed by atoms with E-state index in [4.69, 9.17) is 16.7 Å². The summed E-state index contributed by atoms with van der Waals surface area (Å²) in [7, 11) is 1.84. The van der Waals surface area contributed by atoms with Crippen LogP contribution in [0.25, 0.3) is 0 Å². The van der Waals surface area contributed by atoms with Crippen molar-refractivity contribution >= 4 is 17.4 Å². The van der Waals surface area contributed by atoms with Crippen molar-refractivity contribution in [3.63, 3.8) is 0 Å². The largest absolute Gasteiger partial charge is 0.392 e. The predicted molar refractivity (Wildman–Crippen MR) is 52.0 cm³/mol. The fourth-order valence-electron chi connectivity index (χ4n) is 1.03. The maximum atomic E-state index is 9.14. The summed E-state index contributed by atoms with van der Waals surface area (Å²) in [6.07, 6.45) is 1.20. The number of hydrogen-bond acceptors (Lipinski definition) is 4. The molecule has 1 aromatic rings. The van der Waals surface area contributed by atoms with E-state index in [1.807, 2.05) is 11.9 Å². The molecule has 0 saturated heterocycles. The molecule has 0 radical (unpaired) electrons. The fraction of sp³-hybridized carbons (Fsp3) is 0.500. The van der Waals surface area contributed by atoms with Gasteiger partial charge in [-0.15, -0.1) is 0 Å². The molecule has 0 aliphatic carbocycles. The molecule has 0 bridgehead atoms. The van der Waals surface area contributed by atoms with Gasteiger partial charge in [-0.05, 0) is 24.6 Å². The average molecular weight is 202 g/mol. The van der Waals surface area contributed by atoms with E-state index in [1.165, 1.54) is 0 Å². The summed E-state index contributed by atoms with van der Waals surface area (Å²) in [5, 5.41) is 9.35. The Labute approximate surface area is 82.2 Å². The van der Waals surface area contributed by atoms with Crippen LogP contribution in [0.1, 0.15) is 6.92 Å². The third-order valence-corrected chi connectivity index (χ3v) is 1.72. The highest BCUT2D eigenvalue weighted by molar-refractivity contribution is 6.28. The normalized spacial score (nSPS) is 12.6. The lowest BCUT2D eigenvalue weighted by Crippen LogP contribution is -2.27. The molecule has 1 atom stereocenters. The standard InChI is InChI=1S/C8H12ClN3O/c1-6(13)5-12(2)7-3-4-10-8(9)11-7/h3-4,6,13H,5H2,1-2H3. The van der Waals surface area contributed by atoms with Gasteiger partial charge in [0.25, 0.3) is 0 Å². The summed E-state index contributed by atoms with van der Waals surface area (Å²) < 4.78 is 0. The lowest BCUT2D eigenvalue weighted by Gasteiger charge is -2.19. The number of hydrogen-bond donors (Lipinski definition) is 1. The number of anilines is 1. The van der Waals surface area contributed by atoms with E-state index in [1.54, 1.807) is 19.2 Å². The maximum absolute atomic E-state index is 9.14. The van der Waals surface area contributed by atoms with Gasteiger partial charge in [-0.2, -0.15) is 0 Å². The van der Waals surface area contributed by atoms with Crippen molar-refractivity contribution in [2.45, 2.75) is 13.0 Å². The van der Waals surface area contributed by atoms with Crippen molar-refractivity contribution in [2.75, 3.05) is 18.5 Å². The summed E-state index contributed by atoms with van der Waals surface area (Å²) in [5.41, 5.74) is 0. The molecule has 5 heteroatoms. The number of nitrogens with zero attached hydrogens (tertiary/aromatic N) is 3. The molecular formula is C8H12ClN3O. The van der Waals surface area contributed by atoms with Crippen LogP contribution in [0.5, 0.6) is 0 Å². The van der Waals surface area contributed by atoms with E-state index in [0.717, 1.165) is 0 Å². The number of aliphatic hydroxyl groups is 1. The molecule has 13 heavy (non-hydrogen) atoms. The second kappa shape index (κ2) is 4.39. The minimum atomic E-state index is -0.390. The Hall–Kier alpha value is -0.870. The van der Waals surface area contributed by atoms with Gasteiger partial charge >= 0.3 is 0 Å². The Morgan fingerprint density at radius 1 is 1.69 bits per heavy atom. The van der Waals surface area contributed by atoms with Gasteiger partial charge in [-0.1, -0.05) is 0 Å². The van der Waals surface area contributed by atoms with Gasteiger partial charge in [0.05, 0.1) is 6.10 Å². The molecule has 0 saturated carbocycles. The van der Waals surface area contributed by atoms with Crippen LogP contribution in [0, 0.1) is 0 Å². The predicted octanol–water partition coefficient (Wildman–Crippen LogP) is 0.947. The number of likely N-dealkylation sites (N-methyl/N-ethyl adjacent to an activating group) is 1. The van der Waals surface area contributed by atoms with E-state index in [-0.39, 0.29) is 5.28 Å². The lowest BCUT2D eigenvalue weighted by atomic mass is 10.4. The minimum absolute atomic E-state index is 0.218. The second-order valence-corrected chi connectivity index (χ2v) is 3.25. The van der Waals surface area contributed by atoms with E-state index in [2.05, 4.69) is 9.97 Å². The molecule has 0 fully saturated rings. The van der Waals surface area contributed by atoms with Crippen LogP contribution in [0.3, 0.4) is 0 Å². The van der Waals surface area contributed by atoms with Crippen LogP contribution in [0.2, 0.25) is 5.28 Å². The fourth-order valence-corrected chi connectivity index (χ4v) is 1.17. The van der Waals surface area contributed by atoms with Gasteiger partial charge in [0.1, 0.15) is 5.82 Å². The second-order valence-electron chi connectivity index (χ2n) is 2.91. The van der Waals surface area contributed by atoms with Crippen molar-refractivity contribution < 1.29 is 5.11 Å². The van der Waals surface area contributed by atoms with Gasteiger partial charge in [-0.25, -0.2) is 9.97 Å². The van der Waals surface area contributed by atoms with E-state index in [9.17, 15) is 0 Å². The maximum Gasteiger partial charge on any atom is 0.224 e. The van der Waals surface area contributed by atoms with Crippen LogP contribution >= 0.6 is 11.6 Å². The molecule has 0 amide bonds. The van der Waals surface area contributed by atoms with Crippen LogP contribution < -0.4 is 4.90 Å². The van der Waals surface area contributed by atoms with Gasteiger partial charge in [0.15, 0.2) is 0 Å². The van der Waals surface area contributed by atoms with E-state index >= 15 is 0 Å². The highest BCUT2D eigenvalue weighted by Crippen LogP contribution is 2.10. The quantitative estimate of drug-likeness (QED) is 0.740. The van der Waals surface area contributed by atoms with Gasteiger partial charge in [-0.3, -0.25) is 0 Å². The number of aliphatic hydroxyl groups excluding tert-OH is 1.